The molecular formula is C37H27BN4. The Bertz CT molecular complexity index is 2020. The van der Waals surface area contributed by atoms with Gasteiger partial charge in [-0.25, -0.2) is 0 Å². The first-order chi connectivity index (χ1) is 20.8. The van der Waals surface area contributed by atoms with E-state index in [4.69, 9.17) is 4.98 Å². The van der Waals surface area contributed by atoms with E-state index >= 15 is 0 Å². The molecule has 4 nitrogen and oxygen atoms in total. The van der Waals surface area contributed by atoms with Gasteiger partial charge in [-0.15, -0.1) is 0 Å². The molecule has 1 aromatic heterocycles. The molecular weight excluding hydrogens is 511 g/mol. The number of fused-ring (bicyclic) bond motifs is 12. The fourth-order valence-electron chi connectivity index (χ4n) is 7.19. The summed E-state index contributed by atoms with van der Waals surface area (Å²) in [5, 5.41) is 0. The normalized spacial score (nSPS) is 14.0. The van der Waals surface area contributed by atoms with E-state index in [0.717, 1.165) is 17.9 Å². The van der Waals surface area contributed by atoms with Crippen molar-refractivity contribution in [2.45, 2.75) is 0 Å². The van der Waals surface area contributed by atoms with Crippen LogP contribution in [0.5, 0.6) is 0 Å². The summed E-state index contributed by atoms with van der Waals surface area (Å²) in [6.07, 6.45) is 1.87. The quantitative estimate of drug-likeness (QED) is 0.218. The van der Waals surface area contributed by atoms with Crippen LogP contribution in [0.3, 0.4) is 0 Å². The Kier molecular flexibility index (Phi) is 4.94. The van der Waals surface area contributed by atoms with Crippen molar-refractivity contribution in [3.63, 3.8) is 0 Å². The van der Waals surface area contributed by atoms with Gasteiger partial charge in [-0.05, 0) is 76.1 Å². The van der Waals surface area contributed by atoms with Gasteiger partial charge in [0.15, 0.2) is 0 Å². The number of anilines is 5. The second kappa shape index (κ2) is 8.86. The summed E-state index contributed by atoms with van der Waals surface area (Å²) in [5.41, 5.74) is 16.1. The Morgan fingerprint density at radius 1 is 0.571 bits per heavy atom. The summed E-state index contributed by atoms with van der Waals surface area (Å²) in [5.74, 6) is 0. The maximum Gasteiger partial charge on any atom is 0.329 e. The third kappa shape index (κ3) is 3.28. The van der Waals surface area contributed by atoms with E-state index in [1.54, 1.807) is 0 Å². The SMILES string of the molecule is CN1CN(c2ccc3c(c2)B2c4cc(-c5ccccn5)ccc4-c4ccccc4N2c2ccccc2-3)c2ccccc21. The lowest BCUT2D eigenvalue weighted by Gasteiger charge is -2.43. The van der Waals surface area contributed by atoms with E-state index in [0.29, 0.717) is 0 Å². The first-order valence-electron chi connectivity index (χ1n) is 14.5. The summed E-state index contributed by atoms with van der Waals surface area (Å²) in [6.45, 7) is 0.853. The molecule has 0 N–H and O–H groups in total. The van der Waals surface area contributed by atoms with Crippen LogP contribution in [0.2, 0.25) is 0 Å². The van der Waals surface area contributed by atoms with Crippen LogP contribution in [-0.2, 0) is 0 Å². The number of nitrogens with zero attached hydrogens (tertiary/aromatic N) is 4. The molecule has 9 rings (SSSR count). The van der Waals surface area contributed by atoms with E-state index in [9.17, 15) is 0 Å². The highest BCUT2D eigenvalue weighted by Gasteiger charge is 2.42. The third-order valence-corrected chi connectivity index (χ3v) is 9.05. The zero-order valence-electron chi connectivity index (χ0n) is 23.3. The Hall–Kier alpha value is -5.29. The van der Waals surface area contributed by atoms with Crippen LogP contribution in [0.1, 0.15) is 0 Å². The molecule has 0 unspecified atom stereocenters. The van der Waals surface area contributed by atoms with Gasteiger partial charge in [-0.3, -0.25) is 4.98 Å². The summed E-state index contributed by atoms with van der Waals surface area (Å²) >= 11 is 0. The smallest absolute Gasteiger partial charge is 0.329 e. The molecule has 0 saturated heterocycles. The monoisotopic (exact) mass is 538 g/mol. The second-order valence-electron chi connectivity index (χ2n) is 11.4. The van der Waals surface area contributed by atoms with Crippen molar-refractivity contribution in [2.24, 2.45) is 0 Å². The topological polar surface area (TPSA) is 22.6 Å². The van der Waals surface area contributed by atoms with Crippen LogP contribution in [0, 0.1) is 0 Å². The first-order valence-corrected chi connectivity index (χ1v) is 14.5. The van der Waals surface area contributed by atoms with Gasteiger partial charge in [-0.1, -0.05) is 78.9 Å². The van der Waals surface area contributed by atoms with E-state index in [1.165, 1.54) is 61.6 Å². The fourth-order valence-corrected chi connectivity index (χ4v) is 7.19. The Labute approximate surface area is 246 Å². The van der Waals surface area contributed by atoms with Crippen LogP contribution >= 0.6 is 0 Å². The molecule has 198 valence electrons. The van der Waals surface area contributed by atoms with Crippen LogP contribution in [0.15, 0.2) is 134 Å². The maximum atomic E-state index is 4.70. The van der Waals surface area contributed by atoms with Gasteiger partial charge < -0.3 is 14.6 Å². The minimum Gasteiger partial charge on any atom is -0.376 e. The fraction of sp³-hybridized carbons (Fsp3) is 0.0541. The predicted octanol–water partition coefficient (Wildman–Crippen LogP) is 7.20. The van der Waals surface area contributed by atoms with Gasteiger partial charge >= 0.3 is 6.85 Å². The number of para-hydroxylation sites is 4. The summed E-state index contributed by atoms with van der Waals surface area (Å²) in [6, 6.07) is 46.5. The molecule has 0 amide bonds. The Morgan fingerprint density at radius 2 is 1.19 bits per heavy atom. The van der Waals surface area contributed by atoms with Gasteiger partial charge in [0, 0.05) is 41.4 Å². The van der Waals surface area contributed by atoms with E-state index in [2.05, 4.69) is 143 Å². The number of benzene rings is 5. The van der Waals surface area contributed by atoms with Crippen LogP contribution in [-0.4, -0.2) is 25.5 Å². The minimum absolute atomic E-state index is 0.0268. The van der Waals surface area contributed by atoms with Gasteiger partial charge in [0.05, 0.1) is 23.7 Å². The molecule has 0 fully saturated rings. The van der Waals surface area contributed by atoms with E-state index < -0.39 is 0 Å². The van der Waals surface area contributed by atoms with E-state index in [-0.39, 0.29) is 6.85 Å². The molecule has 4 heterocycles. The van der Waals surface area contributed by atoms with Crippen LogP contribution < -0.4 is 25.5 Å². The molecule has 3 aliphatic heterocycles. The minimum atomic E-state index is 0.0268. The van der Waals surface area contributed by atoms with E-state index in [1.807, 2.05) is 12.3 Å². The van der Waals surface area contributed by atoms with Crippen molar-refractivity contribution in [1.82, 2.24) is 4.98 Å². The van der Waals surface area contributed by atoms with Crippen LogP contribution in [0.4, 0.5) is 28.4 Å². The van der Waals surface area contributed by atoms with Crippen molar-refractivity contribution in [1.29, 1.82) is 0 Å². The summed E-state index contributed by atoms with van der Waals surface area (Å²) < 4.78 is 0. The lowest BCUT2D eigenvalue weighted by atomic mass is 9.43. The summed E-state index contributed by atoms with van der Waals surface area (Å²) in [7, 11) is 2.17. The highest BCUT2D eigenvalue weighted by Crippen LogP contribution is 2.47. The highest BCUT2D eigenvalue weighted by molar-refractivity contribution is 6.92. The number of rotatable bonds is 2. The lowest BCUT2D eigenvalue weighted by Crippen LogP contribution is -2.59. The molecule has 0 atom stereocenters. The van der Waals surface area contributed by atoms with Gasteiger partial charge in [0.2, 0.25) is 0 Å². The number of pyridine rings is 1. The molecule has 0 bridgehead atoms. The third-order valence-electron chi connectivity index (χ3n) is 9.05. The molecule has 0 spiro atoms. The average Bonchev–Trinajstić information content (AvgIpc) is 3.40. The van der Waals surface area contributed by atoms with Crippen molar-refractivity contribution in [3.05, 3.63) is 134 Å². The van der Waals surface area contributed by atoms with Gasteiger partial charge in [0.1, 0.15) is 0 Å². The number of hydrogen-bond acceptors (Lipinski definition) is 4. The lowest BCUT2D eigenvalue weighted by molar-refractivity contribution is 0.950. The Morgan fingerprint density at radius 3 is 1.90 bits per heavy atom. The largest absolute Gasteiger partial charge is 0.376 e. The molecule has 3 aliphatic rings. The van der Waals surface area contributed by atoms with Crippen molar-refractivity contribution < 1.29 is 0 Å². The summed E-state index contributed by atoms with van der Waals surface area (Å²) in [4.78, 5) is 12.0. The standard InChI is InChI=1S/C37H27BN4/c1-40-24-41(37-16-7-6-15-36(37)40)26-18-20-28-30-11-3-5-14-35(30)42-34-13-4-2-10-29(34)27-19-17-25(33-12-8-9-21-39-33)22-31(27)38(42)32(28)23-26/h2-23H,24H2,1H3. The molecule has 5 aromatic carbocycles. The number of aromatic nitrogens is 1. The second-order valence-corrected chi connectivity index (χ2v) is 11.4. The zero-order chi connectivity index (χ0) is 27.8. The molecule has 6 aromatic rings. The Balaban J connectivity index is 1.31. The molecule has 0 saturated carbocycles. The number of hydrogen-bond donors (Lipinski definition) is 0. The van der Waals surface area contributed by atoms with Gasteiger partial charge in [-0.2, -0.15) is 0 Å². The highest BCUT2D eigenvalue weighted by atomic mass is 15.4. The van der Waals surface area contributed by atoms with Crippen molar-refractivity contribution in [3.8, 4) is 33.5 Å². The molecule has 5 heteroatoms. The average molecular weight is 538 g/mol. The zero-order valence-corrected chi connectivity index (χ0v) is 23.3. The molecule has 0 radical (unpaired) electrons. The van der Waals surface area contributed by atoms with Crippen LogP contribution in [0.25, 0.3) is 33.5 Å². The first kappa shape index (κ1) is 23.4. The maximum absolute atomic E-state index is 4.70. The van der Waals surface area contributed by atoms with Gasteiger partial charge in [0.25, 0.3) is 0 Å². The van der Waals surface area contributed by atoms with Crippen molar-refractivity contribution in [2.75, 3.05) is 28.3 Å². The van der Waals surface area contributed by atoms with Crippen molar-refractivity contribution >= 4 is 46.2 Å². The molecule has 42 heavy (non-hydrogen) atoms. The molecule has 0 aliphatic carbocycles. The predicted molar refractivity (Wildman–Crippen MR) is 176 cm³/mol.